The van der Waals surface area contributed by atoms with Gasteiger partial charge in [-0.2, -0.15) is 0 Å². The zero-order valence-corrected chi connectivity index (χ0v) is 24.2. The molecule has 4 aromatic rings. The van der Waals surface area contributed by atoms with E-state index in [1.54, 1.807) is 14.2 Å². The van der Waals surface area contributed by atoms with Gasteiger partial charge in [0.2, 0.25) is 0 Å². The molecular weight excluding hydrogens is 506 g/mol. The highest BCUT2D eigenvalue weighted by molar-refractivity contribution is 6.10. The zero-order valence-electron chi connectivity index (χ0n) is 24.2. The summed E-state index contributed by atoms with van der Waals surface area (Å²) in [5.74, 6) is 1.14. The summed E-state index contributed by atoms with van der Waals surface area (Å²) in [6.07, 6.45) is 4.55. The van der Waals surface area contributed by atoms with Crippen molar-refractivity contribution in [2.24, 2.45) is 5.92 Å². The third kappa shape index (κ3) is 4.09. The number of benzene rings is 4. The number of para-hydroxylation sites is 1. The highest BCUT2D eigenvalue weighted by atomic mass is 16.5. The number of ether oxygens (including phenoxy) is 2. The van der Waals surface area contributed by atoms with Gasteiger partial charge in [0.05, 0.1) is 25.7 Å². The topological polar surface area (TPSA) is 38.8 Å². The van der Waals surface area contributed by atoms with Gasteiger partial charge >= 0.3 is 0 Å². The summed E-state index contributed by atoms with van der Waals surface area (Å²) in [6, 6.07) is 34.6. The fraction of sp³-hybridized carbons (Fsp3) is 0.216. The Morgan fingerprint density at radius 3 is 1.93 bits per heavy atom. The smallest absolute Gasteiger partial charge is 0.173 e. The Morgan fingerprint density at radius 2 is 1.32 bits per heavy atom. The molecular formula is C37H35NO3. The van der Waals surface area contributed by atoms with Gasteiger partial charge in [-0.1, -0.05) is 74.5 Å². The predicted molar refractivity (Wildman–Crippen MR) is 167 cm³/mol. The number of anilines is 1. The minimum absolute atomic E-state index is 0.0838. The molecule has 4 nitrogen and oxygen atoms in total. The fourth-order valence-corrected chi connectivity index (χ4v) is 6.90. The molecule has 2 aliphatic rings. The summed E-state index contributed by atoms with van der Waals surface area (Å²) in [5, 5.41) is 0. The number of allylic oxidation sites excluding steroid dienone is 2. The van der Waals surface area contributed by atoms with Crippen LogP contribution < -0.4 is 14.4 Å². The Balaban J connectivity index is 1.65. The van der Waals surface area contributed by atoms with E-state index >= 15 is 0 Å². The van der Waals surface area contributed by atoms with Gasteiger partial charge in [0.1, 0.15) is 11.5 Å². The highest BCUT2D eigenvalue weighted by Gasteiger charge is 2.62. The van der Waals surface area contributed by atoms with Crippen LogP contribution in [0.4, 0.5) is 5.69 Å². The second-order valence-corrected chi connectivity index (χ2v) is 11.3. The van der Waals surface area contributed by atoms with Crippen molar-refractivity contribution >= 4 is 22.6 Å². The largest absolute Gasteiger partial charge is 0.497 e. The molecule has 6 rings (SSSR count). The molecule has 41 heavy (non-hydrogen) atoms. The van der Waals surface area contributed by atoms with Crippen LogP contribution in [0.2, 0.25) is 0 Å². The monoisotopic (exact) mass is 541 g/mol. The quantitative estimate of drug-likeness (QED) is 0.233. The summed E-state index contributed by atoms with van der Waals surface area (Å²) in [4.78, 5) is 17.2. The number of fused-ring (bicyclic) bond motifs is 1. The Kier molecular flexibility index (Phi) is 6.57. The van der Waals surface area contributed by atoms with Crippen molar-refractivity contribution in [3.63, 3.8) is 0 Å². The molecule has 1 heterocycles. The van der Waals surface area contributed by atoms with Crippen molar-refractivity contribution in [2.45, 2.75) is 24.8 Å². The van der Waals surface area contributed by atoms with Crippen LogP contribution in [0.3, 0.4) is 0 Å². The Labute approximate surface area is 242 Å². The van der Waals surface area contributed by atoms with Crippen molar-refractivity contribution in [2.75, 3.05) is 26.2 Å². The second kappa shape index (κ2) is 10.1. The van der Waals surface area contributed by atoms with E-state index in [2.05, 4.69) is 86.5 Å². The summed E-state index contributed by atoms with van der Waals surface area (Å²) >= 11 is 0. The summed E-state index contributed by atoms with van der Waals surface area (Å²) < 4.78 is 10.9. The molecule has 0 amide bonds. The van der Waals surface area contributed by atoms with E-state index in [4.69, 9.17) is 9.47 Å². The Hall–Kier alpha value is -4.57. The second-order valence-electron chi connectivity index (χ2n) is 11.3. The molecule has 4 aromatic carbocycles. The molecule has 2 unspecified atom stereocenters. The third-order valence-electron chi connectivity index (χ3n) is 9.10. The first-order valence-corrected chi connectivity index (χ1v) is 14.0. The number of hydrogen-bond acceptors (Lipinski definition) is 4. The van der Waals surface area contributed by atoms with Crippen molar-refractivity contribution in [3.8, 4) is 11.5 Å². The number of methoxy groups -OCH3 is 2. The minimum Gasteiger partial charge on any atom is -0.497 e. The molecule has 0 aromatic heterocycles. The van der Waals surface area contributed by atoms with Gasteiger partial charge in [-0.15, -0.1) is 0 Å². The Bertz CT molecular complexity index is 1650. The number of Topliss-reactive ketones (excluding diaryl/α,β-unsaturated/α-hetero) is 1. The zero-order chi connectivity index (χ0) is 28.8. The first kappa shape index (κ1) is 26.6. The van der Waals surface area contributed by atoms with Crippen molar-refractivity contribution in [3.05, 3.63) is 138 Å². The van der Waals surface area contributed by atoms with Gasteiger partial charge in [-0.3, -0.25) is 4.79 Å². The standard InChI is InChI=1S/C37H35NO3/c1-36(2)32-13-9-10-14-33(32)38(3)37(36)24-28(25-15-19-29(40-4)20-16-25)23-31(26-11-7-6-8-12-26)34(37)35(39)27-17-21-30(41-5)22-18-27/h6-24,34H,1-5H3. The lowest BCUT2D eigenvalue weighted by atomic mass is 9.57. The van der Waals surface area contributed by atoms with E-state index in [9.17, 15) is 4.79 Å². The summed E-state index contributed by atoms with van der Waals surface area (Å²) in [7, 11) is 5.46. The maximum absolute atomic E-state index is 14.9. The van der Waals surface area contributed by atoms with Gasteiger partial charge in [0.15, 0.2) is 5.78 Å². The molecule has 0 saturated carbocycles. The minimum atomic E-state index is -0.692. The SMILES string of the molecule is COc1ccc(C(=O)C2C(c3ccccc3)=CC(c3ccc(OC)cc3)=CC23N(C)c2ccccc2C3(C)C)cc1. The maximum atomic E-state index is 14.9. The number of rotatable bonds is 6. The van der Waals surface area contributed by atoms with Crippen LogP contribution in [0.1, 0.15) is 40.9 Å². The van der Waals surface area contributed by atoms with E-state index in [1.165, 1.54) is 5.56 Å². The van der Waals surface area contributed by atoms with Crippen LogP contribution >= 0.6 is 0 Å². The molecule has 206 valence electrons. The van der Waals surface area contributed by atoms with Crippen LogP contribution in [0.5, 0.6) is 11.5 Å². The van der Waals surface area contributed by atoms with Crippen LogP contribution in [-0.2, 0) is 5.41 Å². The molecule has 0 saturated heterocycles. The molecule has 1 spiro atoms. The summed E-state index contributed by atoms with van der Waals surface area (Å²) in [5.41, 5.74) is 6.15. The fourth-order valence-electron chi connectivity index (χ4n) is 6.90. The first-order valence-electron chi connectivity index (χ1n) is 14.0. The predicted octanol–water partition coefficient (Wildman–Crippen LogP) is 7.85. The molecule has 0 radical (unpaired) electrons. The number of ketones is 1. The van der Waals surface area contributed by atoms with E-state index in [1.807, 2.05) is 54.6 Å². The molecule has 1 aliphatic carbocycles. The average Bonchev–Trinajstić information content (AvgIpc) is 3.19. The van der Waals surface area contributed by atoms with E-state index in [0.29, 0.717) is 5.56 Å². The number of carbonyl (C=O) groups excluding carboxylic acids is 1. The van der Waals surface area contributed by atoms with Crippen molar-refractivity contribution in [1.29, 1.82) is 0 Å². The van der Waals surface area contributed by atoms with Gasteiger partial charge < -0.3 is 14.4 Å². The maximum Gasteiger partial charge on any atom is 0.173 e. The summed E-state index contributed by atoms with van der Waals surface area (Å²) in [6.45, 7) is 4.55. The number of likely N-dealkylation sites (N-methyl/N-ethyl adjacent to an activating group) is 1. The number of hydrogen-bond donors (Lipinski definition) is 0. The molecule has 4 heteroatoms. The van der Waals surface area contributed by atoms with E-state index < -0.39 is 16.9 Å². The highest BCUT2D eigenvalue weighted by Crippen LogP contribution is 2.60. The lowest BCUT2D eigenvalue weighted by Crippen LogP contribution is -2.61. The third-order valence-corrected chi connectivity index (χ3v) is 9.10. The first-order chi connectivity index (χ1) is 19.8. The molecule has 1 aliphatic heterocycles. The van der Waals surface area contributed by atoms with Crippen molar-refractivity contribution < 1.29 is 14.3 Å². The number of nitrogens with zero attached hydrogens (tertiary/aromatic N) is 1. The van der Waals surface area contributed by atoms with Crippen LogP contribution in [0.15, 0.2) is 115 Å². The van der Waals surface area contributed by atoms with Crippen LogP contribution in [0, 0.1) is 5.92 Å². The molecule has 2 atom stereocenters. The molecule has 0 bridgehead atoms. The Morgan fingerprint density at radius 1 is 0.732 bits per heavy atom. The van der Waals surface area contributed by atoms with Crippen LogP contribution in [-0.4, -0.2) is 32.6 Å². The van der Waals surface area contributed by atoms with Crippen molar-refractivity contribution in [1.82, 2.24) is 0 Å². The van der Waals surface area contributed by atoms with Gasteiger partial charge in [-0.25, -0.2) is 0 Å². The van der Waals surface area contributed by atoms with E-state index in [0.717, 1.165) is 39.5 Å². The lowest BCUT2D eigenvalue weighted by Gasteiger charge is -2.52. The van der Waals surface area contributed by atoms with Gasteiger partial charge in [0.25, 0.3) is 0 Å². The van der Waals surface area contributed by atoms with Gasteiger partial charge in [0, 0.05) is 23.7 Å². The van der Waals surface area contributed by atoms with Crippen LogP contribution in [0.25, 0.3) is 11.1 Å². The average molecular weight is 542 g/mol. The van der Waals surface area contributed by atoms with E-state index in [-0.39, 0.29) is 5.78 Å². The normalized spacial score (nSPS) is 20.7. The number of carbonyl (C=O) groups is 1. The molecule has 0 N–H and O–H groups in total. The molecule has 0 fully saturated rings. The van der Waals surface area contributed by atoms with Gasteiger partial charge in [-0.05, 0) is 82.5 Å². The lowest BCUT2D eigenvalue weighted by molar-refractivity contribution is 0.0885.